The molecule has 0 aliphatic carbocycles. The summed E-state index contributed by atoms with van der Waals surface area (Å²) in [5.41, 5.74) is 6.26. The summed E-state index contributed by atoms with van der Waals surface area (Å²) in [7, 11) is 0. The monoisotopic (exact) mass is 265 g/mol. The van der Waals surface area contributed by atoms with Crippen LogP contribution in [-0.2, 0) is 5.41 Å². The van der Waals surface area contributed by atoms with Crippen molar-refractivity contribution in [3.8, 4) is 11.4 Å². The minimum absolute atomic E-state index is 0.285. The summed E-state index contributed by atoms with van der Waals surface area (Å²) in [6.45, 7) is 4.52. The van der Waals surface area contributed by atoms with E-state index in [0.717, 1.165) is 12.0 Å². The first-order valence-electron chi connectivity index (χ1n) is 5.90. The van der Waals surface area contributed by atoms with Crippen molar-refractivity contribution in [2.45, 2.75) is 25.7 Å². The molecular weight excluding hydrogens is 250 g/mol. The molecule has 2 N–H and O–H groups in total. The summed E-state index contributed by atoms with van der Waals surface area (Å²) in [5, 5.41) is 4.59. The van der Waals surface area contributed by atoms with Crippen LogP contribution in [0.2, 0.25) is 5.02 Å². The molecule has 0 saturated heterocycles. The predicted molar refractivity (Wildman–Crippen MR) is 71.4 cm³/mol. The highest BCUT2D eigenvalue weighted by atomic mass is 35.5. The molecule has 2 aromatic rings. The molecular formula is C13H16ClN3O. The van der Waals surface area contributed by atoms with Crippen molar-refractivity contribution in [3.05, 3.63) is 35.2 Å². The minimum atomic E-state index is -0.285. The molecule has 0 amide bonds. The summed E-state index contributed by atoms with van der Waals surface area (Å²) >= 11 is 6.10. The average Bonchev–Trinajstić information content (AvgIpc) is 2.88. The van der Waals surface area contributed by atoms with Crippen LogP contribution in [0.1, 0.15) is 26.2 Å². The van der Waals surface area contributed by atoms with Gasteiger partial charge in [-0.05, 0) is 25.5 Å². The molecule has 1 aromatic carbocycles. The Kier molecular flexibility index (Phi) is 3.68. The standard InChI is InChI=1S/C13H16ClN3O/c1-3-13(2,8-15)12-16-11(17-18-12)9-6-4-5-7-10(9)14/h4-7H,3,8,15H2,1-2H3. The lowest BCUT2D eigenvalue weighted by Crippen LogP contribution is -2.31. The van der Waals surface area contributed by atoms with Crippen molar-refractivity contribution in [1.82, 2.24) is 10.1 Å². The van der Waals surface area contributed by atoms with Crippen LogP contribution in [0.4, 0.5) is 0 Å². The van der Waals surface area contributed by atoms with Crippen LogP contribution in [0.5, 0.6) is 0 Å². The fourth-order valence-electron chi connectivity index (χ4n) is 1.60. The van der Waals surface area contributed by atoms with Crippen LogP contribution in [0.15, 0.2) is 28.8 Å². The molecule has 2 rings (SSSR count). The molecule has 0 aliphatic heterocycles. The van der Waals surface area contributed by atoms with E-state index < -0.39 is 0 Å². The first-order valence-corrected chi connectivity index (χ1v) is 6.27. The van der Waals surface area contributed by atoms with Crippen molar-refractivity contribution < 1.29 is 4.52 Å². The van der Waals surface area contributed by atoms with E-state index in [4.69, 9.17) is 21.9 Å². The molecule has 0 bridgehead atoms. The fourth-order valence-corrected chi connectivity index (χ4v) is 1.82. The van der Waals surface area contributed by atoms with Crippen molar-refractivity contribution in [2.75, 3.05) is 6.54 Å². The number of aromatic nitrogens is 2. The van der Waals surface area contributed by atoms with Gasteiger partial charge in [0, 0.05) is 12.1 Å². The highest BCUT2D eigenvalue weighted by Crippen LogP contribution is 2.29. The molecule has 1 aromatic heterocycles. The second kappa shape index (κ2) is 5.08. The Bertz CT molecular complexity index is 535. The summed E-state index contributed by atoms with van der Waals surface area (Å²) < 4.78 is 5.32. The Labute approximate surface area is 111 Å². The van der Waals surface area contributed by atoms with Crippen LogP contribution >= 0.6 is 11.6 Å². The van der Waals surface area contributed by atoms with Gasteiger partial charge in [0.25, 0.3) is 0 Å². The Morgan fingerprint density at radius 3 is 2.72 bits per heavy atom. The van der Waals surface area contributed by atoms with Crippen LogP contribution < -0.4 is 5.73 Å². The summed E-state index contributed by atoms with van der Waals surface area (Å²) in [5.74, 6) is 1.06. The Morgan fingerprint density at radius 2 is 2.11 bits per heavy atom. The molecule has 0 radical (unpaired) electrons. The molecule has 18 heavy (non-hydrogen) atoms. The highest BCUT2D eigenvalue weighted by molar-refractivity contribution is 6.33. The number of benzene rings is 1. The first-order chi connectivity index (χ1) is 8.60. The summed E-state index contributed by atoms with van der Waals surface area (Å²) in [4.78, 5) is 4.41. The number of rotatable bonds is 4. The van der Waals surface area contributed by atoms with Gasteiger partial charge in [-0.3, -0.25) is 0 Å². The third kappa shape index (κ3) is 2.26. The van der Waals surface area contributed by atoms with Crippen LogP contribution in [0.25, 0.3) is 11.4 Å². The van der Waals surface area contributed by atoms with Crippen molar-refractivity contribution >= 4 is 11.6 Å². The second-order valence-electron chi connectivity index (χ2n) is 4.52. The van der Waals surface area contributed by atoms with Gasteiger partial charge in [-0.2, -0.15) is 4.98 Å². The van der Waals surface area contributed by atoms with Gasteiger partial charge < -0.3 is 10.3 Å². The van der Waals surface area contributed by atoms with E-state index in [1.54, 1.807) is 6.07 Å². The number of hydrogen-bond donors (Lipinski definition) is 1. The van der Waals surface area contributed by atoms with Gasteiger partial charge in [0.15, 0.2) is 0 Å². The zero-order valence-corrected chi connectivity index (χ0v) is 11.2. The summed E-state index contributed by atoms with van der Waals surface area (Å²) in [6.07, 6.45) is 0.841. The van der Waals surface area contributed by atoms with Gasteiger partial charge in [0.05, 0.1) is 10.4 Å². The van der Waals surface area contributed by atoms with Gasteiger partial charge >= 0.3 is 0 Å². The van der Waals surface area contributed by atoms with E-state index in [9.17, 15) is 0 Å². The highest BCUT2D eigenvalue weighted by Gasteiger charge is 2.30. The van der Waals surface area contributed by atoms with E-state index in [-0.39, 0.29) is 5.41 Å². The smallest absolute Gasteiger partial charge is 0.234 e. The lowest BCUT2D eigenvalue weighted by molar-refractivity contribution is 0.291. The second-order valence-corrected chi connectivity index (χ2v) is 4.93. The maximum atomic E-state index is 6.10. The van der Waals surface area contributed by atoms with Crippen molar-refractivity contribution in [3.63, 3.8) is 0 Å². The van der Waals surface area contributed by atoms with Gasteiger partial charge in [-0.15, -0.1) is 0 Å². The molecule has 0 saturated carbocycles. The van der Waals surface area contributed by atoms with Gasteiger partial charge in [-0.1, -0.05) is 35.8 Å². The third-order valence-corrected chi connectivity index (χ3v) is 3.62. The topological polar surface area (TPSA) is 64.9 Å². The third-order valence-electron chi connectivity index (χ3n) is 3.29. The molecule has 0 spiro atoms. The van der Waals surface area contributed by atoms with Crippen molar-refractivity contribution in [1.29, 1.82) is 0 Å². The normalized spacial score (nSPS) is 14.4. The molecule has 0 aliphatic rings. The molecule has 0 fully saturated rings. The van der Waals surface area contributed by atoms with Crippen LogP contribution in [-0.4, -0.2) is 16.7 Å². The molecule has 1 unspecified atom stereocenters. The fraction of sp³-hybridized carbons (Fsp3) is 0.385. The molecule has 1 atom stereocenters. The quantitative estimate of drug-likeness (QED) is 0.923. The van der Waals surface area contributed by atoms with E-state index in [1.165, 1.54) is 0 Å². The Morgan fingerprint density at radius 1 is 1.39 bits per heavy atom. The molecule has 96 valence electrons. The van der Waals surface area contributed by atoms with Crippen LogP contribution in [0, 0.1) is 0 Å². The lowest BCUT2D eigenvalue weighted by Gasteiger charge is -2.20. The predicted octanol–water partition coefficient (Wildman–Crippen LogP) is 3.02. The maximum Gasteiger partial charge on any atom is 0.234 e. The number of hydrogen-bond acceptors (Lipinski definition) is 4. The first kappa shape index (κ1) is 13.1. The van der Waals surface area contributed by atoms with E-state index in [0.29, 0.717) is 23.3 Å². The van der Waals surface area contributed by atoms with Gasteiger partial charge in [0.2, 0.25) is 11.7 Å². The van der Waals surface area contributed by atoms with Crippen LogP contribution in [0.3, 0.4) is 0 Å². The molecule has 1 heterocycles. The number of nitrogens with two attached hydrogens (primary N) is 1. The van der Waals surface area contributed by atoms with E-state index in [2.05, 4.69) is 10.1 Å². The Hall–Kier alpha value is -1.39. The minimum Gasteiger partial charge on any atom is -0.338 e. The van der Waals surface area contributed by atoms with E-state index >= 15 is 0 Å². The summed E-state index contributed by atoms with van der Waals surface area (Å²) in [6, 6.07) is 7.42. The maximum absolute atomic E-state index is 6.10. The lowest BCUT2D eigenvalue weighted by atomic mass is 9.88. The molecule has 5 heteroatoms. The SMILES string of the molecule is CCC(C)(CN)c1nc(-c2ccccc2Cl)no1. The number of halogens is 1. The van der Waals surface area contributed by atoms with Gasteiger partial charge in [-0.25, -0.2) is 0 Å². The average molecular weight is 266 g/mol. The zero-order valence-electron chi connectivity index (χ0n) is 10.5. The number of nitrogens with zero attached hydrogens (tertiary/aromatic N) is 2. The largest absolute Gasteiger partial charge is 0.338 e. The van der Waals surface area contributed by atoms with Crippen molar-refractivity contribution in [2.24, 2.45) is 5.73 Å². The Balaban J connectivity index is 2.40. The molecule has 4 nitrogen and oxygen atoms in total. The van der Waals surface area contributed by atoms with Gasteiger partial charge in [0.1, 0.15) is 0 Å². The van der Waals surface area contributed by atoms with E-state index in [1.807, 2.05) is 32.0 Å². The zero-order chi connectivity index (χ0) is 13.2.